The minimum absolute atomic E-state index is 0.0154. The molecule has 1 aromatic heterocycles. The molecule has 2 aliphatic heterocycles. The molecule has 3 atom stereocenters. The second-order valence-electron chi connectivity index (χ2n) is 7.43. The lowest BCUT2D eigenvalue weighted by molar-refractivity contribution is -0.159. The van der Waals surface area contributed by atoms with Gasteiger partial charge in [-0.1, -0.05) is 24.0 Å². The Bertz CT molecular complexity index is 981. The minimum Gasteiger partial charge on any atom is -0.394 e. The number of carbonyl (C=O) groups is 2. The SMILES string of the molecule is COCC#Cc1ccc([C@@H]2[C@@H](CO)N3C(=O)CN(C(=O)c4cccnc4)C[C@H]23)cc1. The Morgan fingerprint density at radius 3 is 2.77 bits per heavy atom. The first-order valence-electron chi connectivity index (χ1n) is 9.83. The number of methoxy groups -OCH3 is 1. The zero-order valence-corrected chi connectivity index (χ0v) is 16.7. The number of hydrogen-bond donors (Lipinski definition) is 1. The zero-order valence-electron chi connectivity index (χ0n) is 16.7. The van der Waals surface area contributed by atoms with E-state index in [2.05, 4.69) is 16.8 Å². The Morgan fingerprint density at radius 1 is 1.30 bits per heavy atom. The second kappa shape index (κ2) is 8.66. The number of pyridine rings is 1. The van der Waals surface area contributed by atoms with Gasteiger partial charge in [-0.15, -0.1) is 0 Å². The number of carbonyl (C=O) groups excluding carboxylic acids is 2. The summed E-state index contributed by atoms with van der Waals surface area (Å²) in [6.07, 6.45) is 3.12. The summed E-state index contributed by atoms with van der Waals surface area (Å²) >= 11 is 0. The Balaban J connectivity index is 1.54. The summed E-state index contributed by atoms with van der Waals surface area (Å²) in [5.41, 5.74) is 2.36. The fraction of sp³-hybridized carbons (Fsp3) is 0.348. The lowest BCUT2D eigenvalue weighted by Gasteiger charge is -2.58. The Labute approximate surface area is 175 Å². The Morgan fingerprint density at radius 2 is 2.10 bits per heavy atom. The summed E-state index contributed by atoms with van der Waals surface area (Å²) in [6.45, 7) is 0.702. The van der Waals surface area contributed by atoms with Gasteiger partial charge in [0, 0.05) is 37.5 Å². The van der Waals surface area contributed by atoms with E-state index in [0.29, 0.717) is 18.7 Å². The maximum absolute atomic E-state index is 12.8. The predicted molar refractivity (Wildman–Crippen MR) is 110 cm³/mol. The van der Waals surface area contributed by atoms with Gasteiger partial charge in [-0.2, -0.15) is 0 Å². The third-order valence-corrected chi connectivity index (χ3v) is 5.69. The topological polar surface area (TPSA) is 83.0 Å². The number of aliphatic hydroxyl groups excluding tert-OH is 1. The van der Waals surface area contributed by atoms with E-state index >= 15 is 0 Å². The second-order valence-corrected chi connectivity index (χ2v) is 7.43. The van der Waals surface area contributed by atoms with Gasteiger partial charge < -0.3 is 19.6 Å². The van der Waals surface area contributed by atoms with E-state index in [1.54, 1.807) is 35.2 Å². The van der Waals surface area contributed by atoms with Gasteiger partial charge in [0.15, 0.2) is 0 Å². The van der Waals surface area contributed by atoms with Crippen LogP contribution in [-0.4, -0.2) is 77.2 Å². The molecule has 1 N–H and O–H groups in total. The summed E-state index contributed by atoms with van der Waals surface area (Å²) in [5.74, 6) is 5.57. The van der Waals surface area contributed by atoms with Crippen LogP contribution in [0.1, 0.15) is 27.4 Å². The molecule has 0 saturated carbocycles. The highest BCUT2D eigenvalue weighted by Crippen LogP contribution is 2.43. The largest absolute Gasteiger partial charge is 0.394 e. The number of aliphatic hydroxyl groups is 1. The number of amides is 2. The van der Waals surface area contributed by atoms with Crippen molar-refractivity contribution in [2.24, 2.45) is 0 Å². The van der Waals surface area contributed by atoms with Crippen LogP contribution in [0, 0.1) is 11.8 Å². The normalized spacial score (nSPS) is 22.6. The van der Waals surface area contributed by atoms with Crippen molar-refractivity contribution in [3.63, 3.8) is 0 Å². The maximum atomic E-state index is 12.8. The van der Waals surface area contributed by atoms with Crippen molar-refractivity contribution in [1.29, 1.82) is 0 Å². The van der Waals surface area contributed by atoms with Crippen molar-refractivity contribution in [2.45, 2.75) is 18.0 Å². The molecule has 30 heavy (non-hydrogen) atoms. The molecule has 7 nitrogen and oxygen atoms in total. The van der Waals surface area contributed by atoms with Crippen LogP contribution in [-0.2, 0) is 9.53 Å². The van der Waals surface area contributed by atoms with Crippen LogP contribution in [0.25, 0.3) is 0 Å². The van der Waals surface area contributed by atoms with Crippen molar-refractivity contribution in [2.75, 3.05) is 33.4 Å². The molecule has 3 heterocycles. The molecule has 2 aliphatic rings. The van der Waals surface area contributed by atoms with Gasteiger partial charge in [0.25, 0.3) is 5.91 Å². The van der Waals surface area contributed by atoms with Gasteiger partial charge in [0.2, 0.25) is 5.91 Å². The van der Waals surface area contributed by atoms with Crippen LogP contribution >= 0.6 is 0 Å². The monoisotopic (exact) mass is 405 g/mol. The van der Waals surface area contributed by atoms with Gasteiger partial charge in [0.05, 0.1) is 24.3 Å². The third-order valence-electron chi connectivity index (χ3n) is 5.69. The van der Waals surface area contributed by atoms with Crippen LogP contribution < -0.4 is 0 Å². The van der Waals surface area contributed by atoms with E-state index in [1.807, 2.05) is 24.3 Å². The molecule has 0 bridgehead atoms. The van der Waals surface area contributed by atoms with E-state index in [0.717, 1.165) is 11.1 Å². The number of benzene rings is 1. The van der Waals surface area contributed by atoms with Crippen molar-refractivity contribution in [3.05, 3.63) is 65.5 Å². The van der Waals surface area contributed by atoms with Gasteiger partial charge >= 0.3 is 0 Å². The Hall–Kier alpha value is -3.21. The van der Waals surface area contributed by atoms with Crippen LogP contribution in [0.4, 0.5) is 0 Å². The van der Waals surface area contributed by atoms with Crippen LogP contribution in [0.15, 0.2) is 48.8 Å². The highest BCUT2D eigenvalue weighted by molar-refractivity contribution is 5.97. The quantitative estimate of drug-likeness (QED) is 0.764. The van der Waals surface area contributed by atoms with E-state index in [9.17, 15) is 14.7 Å². The molecule has 2 aromatic rings. The number of nitrogens with zero attached hydrogens (tertiary/aromatic N) is 3. The van der Waals surface area contributed by atoms with Crippen LogP contribution in [0.5, 0.6) is 0 Å². The van der Waals surface area contributed by atoms with Crippen molar-refractivity contribution < 1.29 is 19.4 Å². The molecule has 2 amide bonds. The zero-order chi connectivity index (χ0) is 21.1. The molecule has 7 heteroatoms. The summed E-state index contributed by atoms with van der Waals surface area (Å²) in [4.78, 5) is 32.8. The molecule has 0 aliphatic carbocycles. The smallest absolute Gasteiger partial charge is 0.255 e. The van der Waals surface area contributed by atoms with Gasteiger partial charge in [-0.05, 0) is 29.8 Å². The number of aromatic nitrogens is 1. The minimum atomic E-state index is -0.274. The molecular weight excluding hydrogens is 382 g/mol. The molecule has 0 radical (unpaired) electrons. The predicted octanol–water partition coefficient (Wildman–Crippen LogP) is 0.891. The van der Waals surface area contributed by atoms with Gasteiger partial charge in [-0.25, -0.2) is 0 Å². The summed E-state index contributed by atoms with van der Waals surface area (Å²) in [5, 5.41) is 9.91. The van der Waals surface area contributed by atoms with Crippen molar-refractivity contribution in [3.8, 4) is 11.8 Å². The fourth-order valence-corrected chi connectivity index (χ4v) is 4.33. The molecule has 0 spiro atoms. The average Bonchev–Trinajstić information content (AvgIpc) is 2.76. The Kier molecular flexibility index (Phi) is 5.79. The van der Waals surface area contributed by atoms with Crippen molar-refractivity contribution in [1.82, 2.24) is 14.8 Å². The molecule has 2 fully saturated rings. The van der Waals surface area contributed by atoms with Crippen molar-refractivity contribution >= 4 is 11.8 Å². The molecule has 0 unspecified atom stereocenters. The third kappa shape index (κ3) is 3.67. The lowest BCUT2D eigenvalue weighted by Crippen LogP contribution is -2.73. The number of fused-ring (bicyclic) bond motifs is 1. The summed E-state index contributed by atoms with van der Waals surface area (Å²) < 4.78 is 4.94. The standard InChI is InChI=1S/C23H23N3O4/c1-30-11-3-4-16-6-8-17(9-7-16)22-19-13-25(14-21(28)26(19)20(22)15-27)23(29)18-5-2-10-24-12-18/h2,5-10,12,19-20,22,27H,11,13-15H2,1H3/t19-,20-,22+/m1/s1. The van der Waals surface area contributed by atoms with E-state index < -0.39 is 0 Å². The molecule has 2 saturated heterocycles. The number of rotatable bonds is 4. The first-order chi connectivity index (χ1) is 14.6. The highest BCUT2D eigenvalue weighted by Gasteiger charge is 2.54. The lowest BCUT2D eigenvalue weighted by atomic mass is 9.73. The van der Waals surface area contributed by atoms with Crippen LogP contribution in [0.3, 0.4) is 0 Å². The number of piperazine rings is 1. The molecule has 154 valence electrons. The fourth-order valence-electron chi connectivity index (χ4n) is 4.33. The molecule has 4 rings (SSSR count). The maximum Gasteiger partial charge on any atom is 0.255 e. The summed E-state index contributed by atoms with van der Waals surface area (Å²) in [6, 6.07) is 10.8. The molecule has 1 aromatic carbocycles. The molecular formula is C23H23N3O4. The highest BCUT2D eigenvalue weighted by atomic mass is 16.5. The average molecular weight is 405 g/mol. The van der Waals surface area contributed by atoms with Gasteiger partial charge in [0.1, 0.15) is 13.2 Å². The van der Waals surface area contributed by atoms with E-state index in [1.165, 1.54) is 6.20 Å². The number of ether oxygens (including phenoxy) is 1. The first kappa shape index (κ1) is 20.1. The number of hydrogen-bond acceptors (Lipinski definition) is 5. The van der Waals surface area contributed by atoms with Crippen LogP contribution in [0.2, 0.25) is 0 Å². The van der Waals surface area contributed by atoms with E-state index in [4.69, 9.17) is 4.74 Å². The van der Waals surface area contributed by atoms with Gasteiger partial charge in [-0.3, -0.25) is 14.6 Å². The van der Waals surface area contributed by atoms with E-state index in [-0.39, 0.29) is 43.0 Å². The summed E-state index contributed by atoms with van der Waals surface area (Å²) in [7, 11) is 1.60. The first-order valence-corrected chi connectivity index (χ1v) is 9.83.